The van der Waals surface area contributed by atoms with Crippen molar-refractivity contribution in [3.63, 3.8) is 0 Å². The van der Waals surface area contributed by atoms with Crippen LogP contribution in [0.4, 0.5) is 0 Å². The lowest BCUT2D eigenvalue weighted by molar-refractivity contribution is -0.146. The molecule has 7 heteroatoms. The minimum absolute atomic E-state index is 0.431. The highest BCUT2D eigenvalue weighted by Crippen LogP contribution is 2.35. The van der Waals surface area contributed by atoms with Gasteiger partial charge in [0.25, 0.3) is 0 Å². The molecule has 0 bridgehead atoms. The van der Waals surface area contributed by atoms with E-state index in [2.05, 4.69) is 0 Å². The standard InChI is InChI=1S/C4H9O6P/c5-3(4(6)7)1-2-11(8,9)10/h3,5H,1-2H2,(H,6,7)(H2,8,9,10)/t3-/m1/s1. The number of carboxylic acid groups (broad SMARTS) is 1. The Kier molecular flexibility index (Phi) is 3.68. The molecule has 0 aromatic carbocycles. The van der Waals surface area contributed by atoms with Gasteiger partial charge in [-0.2, -0.15) is 0 Å². The lowest BCUT2D eigenvalue weighted by Gasteiger charge is -2.05. The van der Waals surface area contributed by atoms with Crippen LogP contribution in [0.5, 0.6) is 0 Å². The van der Waals surface area contributed by atoms with Gasteiger partial charge >= 0.3 is 13.6 Å². The summed E-state index contributed by atoms with van der Waals surface area (Å²) in [4.78, 5) is 26.4. The van der Waals surface area contributed by atoms with Crippen LogP contribution in [0.15, 0.2) is 0 Å². The molecule has 66 valence electrons. The van der Waals surface area contributed by atoms with Crippen LogP contribution in [0.1, 0.15) is 6.42 Å². The molecule has 0 aliphatic heterocycles. The molecule has 6 nitrogen and oxygen atoms in total. The average Bonchev–Trinajstić information content (AvgIpc) is 1.80. The topological polar surface area (TPSA) is 115 Å². The third-order valence-corrected chi connectivity index (χ3v) is 1.82. The average molecular weight is 184 g/mol. The van der Waals surface area contributed by atoms with E-state index in [-0.39, 0.29) is 0 Å². The molecule has 0 aromatic heterocycles. The second-order valence-corrected chi connectivity index (χ2v) is 3.81. The molecule has 1 atom stereocenters. The van der Waals surface area contributed by atoms with Gasteiger partial charge in [0.2, 0.25) is 0 Å². The Morgan fingerprint density at radius 3 is 2.18 bits per heavy atom. The van der Waals surface area contributed by atoms with Gasteiger partial charge in [-0.25, -0.2) is 4.79 Å². The Labute approximate surface area is 62.6 Å². The van der Waals surface area contributed by atoms with Crippen LogP contribution >= 0.6 is 7.60 Å². The summed E-state index contributed by atoms with van der Waals surface area (Å²) >= 11 is 0. The van der Waals surface area contributed by atoms with Crippen LogP contribution in [-0.2, 0) is 9.36 Å². The highest BCUT2D eigenvalue weighted by molar-refractivity contribution is 7.51. The summed E-state index contributed by atoms with van der Waals surface area (Å²) in [5, 5.41) is 16.6. The van der Waals surface area contributed by atoms with E-state index in [1.165, 1.54) is 0 Å². The van der Waals surface area contributed by atoms with E-state index in [4.69, 9.17) is 20.0 Å². The number of hydrogen-bond acceptors (Lipinski definition) is 3. The van der Waals surface area contributed by atoms with Crippen molar-refractivity contribution < 1.29 is 29.4 Å². The maximum atomic E-state index is 10.1. The van der Waals surface area contributed by atoms with Crippen molar-refractivity contribution in [2.45, 2.75) is 12.5 Å². The summed E-state index contributed by atoms with van der Waals surface area (Å²) in [5.41, 5.74) is 0. The smallest absolute Gasteiger partial charge is 0.332 e. The van der Waals surface area contributed by atoms with Gasteiger partial charge < -0.3 is 20.0 Å². The van der Waals surface area contributed by atoms with Crippen LogP contribution in [0.25, 0.3) is 0 Å². The first-order valence-electron chi connectivity index (χ1n) is 2.78. The van der Waals surface area contributed by atoms with Gasteiger partial charge in [-0.05, 0) is 6.42 Å². The Morgan fingerprint density at radius 2 is 1.91 bits per heavy atom. The summed E-state index contributed by atoms with van der Waals surface area (Å²) in [6.45, 7) is 0. The second kappa shape index (κ2) is 3.82. The van der Waals surface area contributed by atoms with Crippen LogP contribution in [-0.4, -0.2) is 38.2 Å². The normalized spacial score (nSPS) is 14.5. The van der Waals surface area contributed by atoms with E-state index in [0.29, 0.717) is 0 Å². The Morgan fingerprint density at radius 1 is 1.45 bits per heavy atom. The van der Waals surface area contributed by atoms with Gasteiger partial charge in [0, 0.05) is 0 Å². The predicted octanol–water partition coefficient (Wildman–Crippen LogP) is -1.00. The number of rotatable bonds is 4. The zero-order chi connectivity index (χ0) is 9.07. The predicted molar refractivity (Wildman–Crippen MR) is 35.2 cm³/mol. The van der Waals surface area contributed by atoms with Crippen molar-refractivity contribution in [1.29, 1.82) is 0 Å². The minimum atomic E-state index is -4.18. The summed E-state index contributed by atoms with van der Waals surface area (Å²) < 4.78 is 10.1. The highest BCUT2D eigenvalue weighted by Gasteiger charge is 2.19. The Balaban J connectivity index is 3.72. The van der Waals surface area contributed by atoms with Gasteiger partial charge in [-0.1, -0.05) is 0 Å². The number of carboxylic acids is 1. The van der Waals surface area contributed by atoms with Gasteiger partial charge in [0.1, 0.15) is 0 Å². The monoisotopic (exact) mass is 184 g/mol. The largest absolute Gasteiger partial charge is 0.479 e. The molecule has 0 saturated carbocycles. The van der Waals surface area contributed by atoms with E-state index in [9.17, 15) is 9.36 Å². The van der Waals surface area contributed by atoms with Gasteiger partial charge in [-0.15, -0.1) is 0 Å². The molecular weight excluding hydrogens is 175 g/mol. The maximum absolute atomic E-state index is 10.1. The van der Waals surface area contributed by atoms with Gasteiger partial charge in [0.05, 0.1) is 6.16 Å². The number of aliphatic carboxylic acids is 1. The molecule has 0 spiro atoms. The zero-order valence-corrected chi connectivity index (χ0v) is 6.44. The lowest BCUT2D eigenvalue weighted by atomic mass is 10.3. The molecular formula is C4H9O6P. The molecule has 0 rings (SSSR count). The van der Waals surface area contributed by atoms with E-state index < -0.39 is 32.3 Å². The van der Waals surface area contributed by atoms with Gasteiger partial charge in [0.15, 0.2) is 6.10 Å². The van der Waals surface area contributed by atoms with E-state index in [1.54, 1.807) is 0 Å². The van der Waals surface area contributed by atoms with Crippen LogP contribution in [0.2, 0.25) is 0 Å². The molecule has 11 heavy (non-hydrogen) atoms. The van der Waals surface area contributed by atoms with E-state index in [1.807, 2.05) is 0 Å². The first-order chi connectivity index (χ1) is 4.83. The molecule has 0 aliphatic carbocycles. The van der Waals surface area contributed by atoms with Crippen molar-refractivity contribution in [2.24, 2.45) is 0 Å². The molecule has 0 aliphatic rings. The summed E-state index contributed by atoms with van der Waals surface area (Å²) in [7, 11) is -4.18. The molecule has 0 unspecified atom stereocenters. The fourth-order valence-corrected chi connectivity index (χ4v) is 0.995. The molecule has 0 fully saturated rings. The summed E-state index contributed by atoms with van der Waals surface area (Å²) in [6.07, 6.45) is -2.73. The summed E-state index contributed by atoms with van der Waals surface area (Å²) in [5.74, 6) is -1.47. The van der Waals surface area contributed by atoms with Gasteiger partial charge in [-0.3, -0.25) is 4.57 Å². The SMILES string of the molecule is O=C(O)[C@H](O)CCP(=O)(O)O. The lowest BCUT2D eigenvalue weighted by Crippen LogP contribution is -2.20. The fourth-order valence-electron chi connectivity index (χ4n) is 0.414. The number of carbonyl (C=O) groups is 1. The first-order valence-corrected chi connectivity index (χ1v) is 4.58. The molecule has 0 aromatic rings. The second-order valence-electron chi connectivity index (χ2n) is 2.03. The van der Waals surface area contributed by atoms with Crippen LogP contribution in [0.3, 0.4) is 0 Å². The summed E-state index contributed by atoms with van der Waals surface area (Å²) in [6, 6.07) is 0. The quantitative estimate of drug-likeness (QED) is 0.416. The molecule has 4 N–H and O–H groups in total. The first kappa shape index (κ1) is 10.6. The fraction of sp³-hybridized carbons (Fsp3) is 0.750. The molecule has 0 saturated heterocycles. The highest BCUT2D eigenvalue weighted by atomic mass is 31.2. The zero-order valence-electron chi connectivity index (χ0n) is 5.54. The van der Waals surface area contributed by atoms with Crippen molar-refractivity contribution in [1.82, 2.24) is 0 Å². The molecule has 0 radical (unpaired) electrons. The number of aliphatic hydroxyl groups excluding tert-OH is 1. The van der Waals surface area contributed by atoms with Crippen molar-refractivity contribution in [3.8, 4) is 0 Å². The number of hydrogen-bond donors (Lipinski definition) is 4. The Bertz CT molecular complexity index is 183. The third kappa shape index (κ3) is 6.00. The third-order valence-electron chi connectivity index (χ3n) is 0.979. The van der Waals surface area contributed by atoms with E-state index >= 15 is 0 Å². The van der Waals surface area contributed by atoms with Crippen LogP contribution in [0, 0.1) is 0 Å². The van der Waals surface area contributed by atoms with Crippen molar-refractivity contribution >= 4 is 13.6 Å². The minimum Gasteiger partial charge on any atom is -0.479 e. The van der Waals surface area contributed by atoms with Crippen molar-refractivity contribution in [2.75, 3.05) is 6.16 Å². The van der Waals surface area contributed by atoms with Crippen LogP contribution < -0.4 is 0 Å². The van der Waals surface area contributed by atoms with E-state index in [0.717, 1.165) is 0 Å². The molecule has 0 heterocycles. The Hall–Kier alpha value is -0.420. The molecule has 0 amide bonds. The number of aliphatic hydroxyl groups is 1. The van der Waals surface area contributed by atoms with Crippen molar-refractivity contribution in [3.05, 3.63) is 0 Å². The maximum Gasteiger partial charge on any atom is 0.332 e.